The van der Waals surface area contributed by atoms with E-state index in [0.717, 1.165) is 18.3 Å². The predicted octanol–water partition coefficient (Wildman–Crippen LogP) is 1.73. The molecular formula is C22H18F2N6O4. The normalized spacial score (nSPS) is 22.1. The van der Waals surface area contributed by atoms with Crippen LogP contribution in [-0.2, 0) is 4.74 Å². The lowest BCUT2D eigenvalue weighted by atomic mass is 9.94. The first kappa shape index (κ1) is 23.1. The first-order valence-corrected chi connectivity index (χ1v) is 10.0. The largest absolute Gasteiger partial charge is 0.396 e. The van der Waals surface area contributed by atoms with Crippen molar-refractivity contribution < 1.29 is 28.5 Å². The Kier molecular flexibility index (Phi) is 6.42. The summed E-state index contributed by atoms with van der Waals surface area (Å²) in [6.45, 7) is 0. The number of hydrogen-bond acceptors (Lipinski definition) is 9. The number of aliphatic hydroxyl groups excluding tert-OH is 2. The minimum atomic E-state index is -1.38. The van der Waals surface area contributed by atoms with E-state index in [1.807, 2.05) is 0 Å². The third-order valence-corrected chi connectivity index (χ3v) is 5.27. The van der Waals surface area contributed by atoms with Gasteiger partial charge in [-0.15, -0.1) is 0 Å². The molecule has 0 unspecified atom stereocenters. The third-order valence-electron chi connectivity index (χ3n) is 5.27. The van der Waals surface area contributed by atoms with Gasteiger partial charge in [-0.3, -0.25) is 9.78 Å². The zero-order valence-corrected chi connectivity index (χ0v) is 17.4. The van der Waals surface area contributed by atoms with Crippen LogP contribution < -0.4 is 11.1 Å². The monoisotopic (exact) mass is 468 g/mol. The second kappa shape index (κ2) is 9.44. The van der Waals surface area contributed by atoms with Gasteiger partial charge >= 0.3 is 0 Å². The van der Waals surface area contributed by atoms with Crippen LogP contribution in [0.2, 0.25) is 0 Å². The number of nitriles is 1. The molecule has 1 amide bonds. The number of aliphatic hydroxyl groups is 2. The highest BCUT2D eigenvalue weighted by Crippen LogP contribution is 2.35. The summed E-state index contributed by atoms with van der Waals surface area (Å²) in [5, 5.41) is 31.7. The molecule has 5 N–H and O–H groups in total. The molecular weight excluding hydrogens is 450 g/mol. The molecule has 4 rings (SSSR count). The van der Waals surface area contributed by atoms with Crippen molar-refractivity contribution in [2.24, 2.45) is 0 Å². The van der Waals surface area contributed by atoms with Crippen molar-refractivity contribution in [3.05, 3.63) is 65.7 Å². The Morgan fingerprint density at radius 1 is 1.24 bits per heavy atom. The highest BCUT2D eigenvalue weighted by molar-refractivity contribution is 6.06. The summed E-state index contributed by atoms with van der Waals surface area (Å²) >= 11 is 0. The van der Waals surface area contributed by atoms with E-state index in [4.69, 9.17) is 10.5 Å². The smallest absolute Gasteiger partial charge is 0.276 e. The van der Waals surface area contributed by atoms with E-state index in [1.54, 1.807) is 6.07 Å². The summed E-state index contributed by atoms with van der Waals surface area (Å²) in [6, 6.07) is 6.54. The van der Waals surface area contributed by atoms with E-state index in [9.17, 15) is 29.1 Å². The molecule has 34 heavy (non-hydrogen) atoms. The molecule has 1 aliphatic heterocycles. The SMILES string of the molecule is N#C[C@H]1O[C@@H](c2ccncc2NC(=O)c2nc(-c3c(F)cccc3F)ncc2N)C[C@@H](O)[C@@H]1O. The van der Waals surface area contributed by atoms with Crippen LogP contribution in [0.1, 0.15) is 28.6 Å². The van der Waals surface area contributed by atoms with Crippen LogP contribution in [0.15, 0.2) is 42.9 Å². The van der Waals surface area contributed by atoms with Crippen molar-refractivity contribution in [2.45, 2.75) is 30.8 Å². The van der Waals surface area contributed by atoms with Crippen LogP contribution in [0.4, 0.5) is 20.2 Å². The molecule has 1 saturated heterocycles. The average molecular weight is 468 g/mol. The number of benzene rings is 1. The van der Waals surface area contributed by atoms with Crippen molar-refractivity contribution in [1.29, 1.82) is 5.26 Å². The van der Waals surface area contributed by atoms with Gasteiger partial charge in [-0.05, 0) is 18.2 Å². The lowest BCUT2D eigenvalue weighted by molar-refractivity contribution is -0.150. The first-order valence-electron chi connectivity index (χ1n) is 10.0. The molecule has 3 heterocycles. The Hall–Kier alpha value is -4.05. The Balaban J connectivity index is 1.64. The van der Waals surface area contributed by atoms with Crippen molar-refractivity contribution in [3.63, 3.8) is 0 Å². The van der Waals surface area contributed by atoms with Crippen LogP contribution >= 0.6 is 0 Å². The fourth-order valence-electron chi connectivity index (χ4n) is 3.56. The molecule has 174 valence electrons. The standard InChI is InChI=1S/C22H18F2N6O4/c23-11-2-1-3-12(24)18(11)21-28-8-13(26)19(30-21)22(33)29-14-9-27-5-4-10(14)16-6-15(31)20(32)17(7-25)34-16/h1-5,8-9,15-17,20,31-32H,6,26H2,(H,29,33)/t15-,16-,17-,20+/m1/s1. The number of nitrogen functional groups attached to an aromatic ring is 1. The van der Waals surface area contributed by atoms with Gasteiger partial charge in [-0.1, -0.05) is 6.07 Å². The van der Waals surface area contributed by atoms with Crippen LogP contribution in [-0.4, -0.2) is 49.4 Å². The zero-order chi connectivity index (χ0) is 24.4. The number of nitrogens with zero attached hydrogens (tertiary/aromatic N) is 4. The number of amides is 1. The van der Waals surface area contributed by atoms with Gasteiger partial charge in [0, 0.05) is 18.2 Å². The number of carbonyl (C=O) groups excluding carboxylic acids is 1. The van der Waals surface area contributed by atoms with Gasteiger partial charge in [0.2, 0.25) is 0 Å². The molecule has 1 aromatic carbocycles. The van der Waals surface area contributed by atoms with E-state index in [-0.39, 0.29) is 29.3 Å². The number of nitrogens with one attached hydrogen (secondary N) is 1. The molecule has 0 saturated carbocycles. The molecule has 1 fully saturated rings. The maximum absolute atomic E-state index is 14.2. The van der Waals surface area contributed by atoms with Gasteiger partial charge in [0.05, 0.1) is 47.6 Å². The maximum atomic E-state index is 14.2. The molecule has 0 spiro atoms. The molecule has 4 atom stereocenters. The van der Waals surface area contributed by atoms with Crippen molar-refractivity contribution in [2.75, 3.05) is 11.1 Å². The van der Waals surface area contributed by atoms with Crippen LogP contribution in [0.25, 0.3) is 11.4 Å². The Labute approximate surface area is 191 Å². The fraction of sp³-hybridized carbons (Fsp3) is 0.227. The number of nitrogens with two attached hydrogens (primary N) is 1. The molecule has 1 aliphatic rings. The molecule has 0 aliphatic carbocycles. The van der Waals surface area contributed by atoms with Crippen molar-refractivity contribution in [1.82, 2.24) is 15.0 Å². The summed E-state index contributed by atoms with van der Waals surface area (Å²) < 4.78 is 33.9. The Bertz CT molecular complexity index is 1260. The zero-order valence-electron chi connectivity index (χ0n) is 17.4. The minimum absolute atomic E-state index is 0.0431. The van der Waals surface area contributed by atoms with Crippen LogP contribution in [0, 0.1) is 23.0 Å². The second-order valence-corrected chi connectivity index (χ2v) is 7.48. The molecule has 0 bridgehead atoms. The predicted molar refractivity (Wildman–Crippen MR) is 114 cm³/mol. The molecule has 0 radical (unpaired) electrons. The number of pyridine rings is 1. The Morgan fingerprint density at radius 3 is 2.68 bits per heavy atom. The number of anilines is 2. The second-order valence-electron chi connectivity index (χ2n) is 7.48. The summed E-state index contributed by atoms with van der Waals surface area (Å²) in [4.78, 5) is 24.7. The number of halogens is 2. The van der Waals surface area contributed by atoms with Gasteiger partial charge < -0.3 is 26.0 Å². The lowest BCUT2D eigenvalue weighted by Crippen LogP contribution is -2.44. The van der Waals surface area contributed by atoms with Gasteiger partial charge in [-0.25, -0.2) is 18.7 Å². The molecule has 3 aromatic rings. The van der Waals surface area contributed by atoms with E-state index in [2.05, 4.69) is 20.3 Å². The van der Waals surface area contributed by atoms with Gasteiger partial charge in [-0.2, -0.15) is 5.26 Å². The quantitative estimate of drug-likeness (QED) is 0.446. The number of ether oxygens (including phenoxy) is 1. The maximum Gasteiger partial charge on any atom is 0.276 e. The number of rotatable bonds is 4. The highest BCUT2D eigenvalue weighted by Gasteiger charge is 2.38. The average Bonchev–Trinajstić information content (AvgIpc) is 2.82. The third kappa shape index (κ3) is 4.40. The number of hydrogen-bond donors (Lipinski definition) is 4. The van der Waals surface area contributed by atoms with Gasteiger partial charge in [0.25, 0.3) is 5.91 Å². The number of aromatic nitrogens is 3. The van der Waals surface area contributed by atoms with E-state index in [0.29, 0.717) is 5.56 Å². The van der Waals surface area contributed by atoms with Crippen LogP contribution in [0.3, 0.4) is 0 Å². The Morgan fingerprint density at radius 2 is 1.97 bits per heavy atom. The molecule has 10 nitrogen and oxygen atoms in total. The van der Waals surface area contributed by atoms with E-state index < -0.39 is 47.5 Å². The van der Waals surface area contributed by atoms with E-state index in [1.165, 1.54) is 24.5 Å². The lowest BCUT2D eigenvalue weighted by Gasteiger charge is -2.34. The van der Waals surface area contributed by atoms with E-state index >= 15 is 0 Å². The van der Waals surface area contributed by atoms with Crippen LogP contribution in [0.5, 0.6) is 0 Å². The summed E-state index contributed by atoms with van der Waals surface area (Å²) in [7, 11) is 0. The molecule has 12 heteroatoms. The van der Waals surface area contributed by atoms with Crippen molar-refractivity contribution >= 4 is 17.3 Å². The van der Waals surface area contributed by atoms with Gasteiger partial charge in [0.15, 0.2) is 17.6 Å². The first-order chi connectivity index (χ1) is 16.3. The number of carbonyl (C=O) groups is 1. The summed E-state index contributed by atoms with van der Waals surface area (Å²) in [5.41, 5.74) is 5.39. The summed E-state index contributed by atoms with van der Waals surface area (Å²) in [5.74, 6) is -3.01. The summed E-state index contributed by atoms with van der Waals surface area (Å²) in [6.07, 6.45) is -0.968. The topological polar surface area (TPSA) is 167 Å². The molecule has 2 aromatic heterocycles. The minimum Gasteiger partial charge on any atom is -0.396 e. The van der Waals surface area contributed by atoms with Crippen molar-refractivity contribution in [3.8, 4) is 17.5 Å². The van der Waals surface area contributed by atoms with Gasteiger partial charge in [0.1, 0.15) is 17.7 Å². The fourth-order valence-corrected chi connectivity index (χ4v) is 3.56. The highest BCUT2D eigenvalue weighted by atomic mass is 19.1.